The van der Waals surface area contributed by atoms with Gasteiger partial charge in [-0.1, -0.05) is 22.9 Å². The lowest BCUT2D eigenvalue weighted by atomic mass is 9.48. The summed E-state index contributed by atoms with van der Waals surface area (Å²) in [6.07, 6.45) is 9.29. The van der Waals surface area contributed by atoms with Crippen LogP contribution in [0.5, 0.6) is 0 Å². The Bertz CT molecular complexity index is 524. The molecule has 26 heavy (non-hydrogen) atoms. The summed E-state index contributed by atoms with van der Waals surface area (Å²) in [4.78, 5) is 0. The van der Waals surface area contributed by atoms with Crippen molar-refractivity contribution in [1.82, 2.24) is 0 Å². The second kappa shape index (κ2) is 7.00. The maximum Gasteiger partial charge on any atom is 0.0671 e. The van der Waals surface area contributed by atoms with Crippen LogP contribution in [0.1, 0.15) is 65.2 Å². The van der Waals surface area contributed by atoms with Gasteiger partial charge in [-0.25, -0.2) is 0 Å². The van der Waals surface area contributed by atoms with Crippen molar-refractivity contribution in [3.63, 3.8) is 0 Å². The van der Waals surface area contributed by atoms with Gasteiger partial charge in [0, 0.05) is 17.9 Å². The molecule has 0 heterocycles. The van der Waals surface area contributed by atoms with Gasteiger partial charge in [-0.2, -0.15) is 0 Å². The van der Waals surface area contributed by atoms with Crippen LogP contribution in [-0.4, -0.2) is 40.5 Å². The van der Waals surface area contributed by atoms with Crippen molar-refractivity contribution >= 4 is 15.9 Å². The third-order valence-electron chi connectivity index (χ3n) is 9.28. The minimum Gasteiger partial charge on any atom is -0.392 e. The van der Waals surface area contributed by atoms with Crippen LogP contribution in [0.2, 0.25) is 0 Å². The standard InChI is InChI=1S/C22H37BrO3/c1-21(25)9-8-14-13(11-21)4-5-15-16(14)10-20(26-3)22(2)17(15)6-7-18(22)19(24)12-23/h13-20,24-25H,4-12H2,1-3H3/t13-,14+,15-,16-,17+,18-,19?,20-,21-,22+/m1/s1. The lowest BCUT2D eigenvalue weighted by Crippen LogP contribution is -2.57. The first-order chi connectivity index (χ1) is 12.3. The Morgan fingerprint density at radius 1 is 1.08 bits per heavy atom. The Morgan fingerprint density at radius 2 is 1.85 bits per heavy atom. The Morgan fingerprint density at radius 3 is 2.54 bits per heavy atom. The molecule has 0 aromatic heterocycles. The van der Waals surface area contributed by atoms with Crippen molar-refractivity contribution in [3.05, 3.63) is 0 Å². The van der Waals surface area contributed by atoms with Crippen molar-refractivity contribution in [2.24, 2.45) is 40.9 Å². The van der Waals surface area contributed by atoms with E-state index in [1.807, 2.05) is 14.0 Å². The van der Waals surface area contributed by atoms with Crippen molar-refractivity contribution in [3.8, 4) is 0 Å². The van der Waals surface area contributed by atoms with E-state index in [4.69, 9.17) is 4.74 Å². The van der Waals surface area contributed by atoms with Gasteiger partial charge in [0.15, 0.2) is 0 Å². The molecule has 150 valence electrons. The number of methoxy groups -OCH3 is 1. The monoisotopic (exact) mass is 428 g/mol. The van der Waals surface area contributed by atoms with E-state index >= 15 is 0 Å². The van der Waals surface area contributed by atoms with Crippen LogP contribution in [0.15, 0.2) is 0 Å². The first-order valence-corrected chi connectivity index (χ1v) is 11.9. The molecule has 0 radical (unpaired) electrons. The molecular formula is C22H37BrO3. The van der Waals surface area contributed by atoms with E-state index in [1.54, 1.807) is 0 Å². The highest BCUT2D eigenvalue weighted by molar-refractivity contribution is 9.09. The minimum atomic E-state index is -0.448. The molecule has 3 nitrogen and oxygen atoms in total. The molecule has 0 saturated heterocycles. The predicted molar refractivity (Wildman–Crippen MR) is 107 cm³/mol. The average Bonchev–Trinajstić information content (AvgIpc) is 2.97. The fraction of sp³-hybridized carbons (Fsp3) is 1.00. The summed E-state index contributed by atoms with van der Waals surface area (Å²) < 4.78 is 6.13. The smallest absolute Gasteiger partial charge is 0.0671 e. The fourth-order valence-electron chi connectivity index (χ4n) is 8.17. The minimum absolute atomic E-state index is 0.107. The quantitative estimate of drug-likeness (QED) is 0.655. The van der Waals surface area contributed by atoms with Gasteiger partial charge in [-0.05, 0) is 93.8 Å². The topological polar surface area (TPSA) is 49.7 Å². The van der Waals surface area contributed by atoms with E-state index < -0.39 is 5.60 Å². The molecule has 0 bridgehead atoms. The maximum absolute atomic E-state index is 10.7. The average molecular weight is 429 g/mol. The van der Waals surface area contributed by atoms with Crippen LogP contribution < -0.4 is 0 Å². The van der Waals surface area contributed by atoms with Gasteiger partial charge < -0.3 is 14.9 Å². The number of aliphatic hydroxyl groups is 2. The second-order valence-corrected chi connectivity index (χ2v) is 11.1. The van der Waals surface area contributed by atoms with Crippen LogP contribution in [0, 0.1) is 40.9 Å². The van der Waals surface area contributed by atoms with E-state index in [9.17, 15) is 10.2 Å². The Kier molecular flexibility index (Phi) is 5.30. The zero-order valence-electron chi connectivity index (χ0n) is 16.7. The summed E-state index contributed by atoms with van der Waals surface area (Å²) in [7, 11) is 1.88. The molecule has 4 aliphatic carbocycles. The molecule has 4 saturated carbocycles. The number of ether oxygens (including phenoxy) is 1. The molecular weight excluding hydrogens is 392 g/mol. The number of hydrogen-bond acceptors (Lipinski definition) is 3. The highest BCUT2D eigenvalue weighted by Gasteiger charge is 2.62. The number of fused-ring (bicyclic) bond motifs is 5. The molecule has 0 spiro atoms. The Balaban J connectivity index is 1.61. The first kappa shape index (κ1) is 19.7. The van der Waals surface area contributed by atoms with E-state index in [0.717, 1.165) is 43.4 Å². The molecule has 1 unspecified atom stereocenters. The zero-order valence-corrected chi connectivity index (χ0v) is 18.2. The van der Waals surface area contributed by atoms with Crippen LogP contribution in [-0.2, 0) is 4.74 Å². The van der Waals surface area contributed by atoms with Gasteiger partial charge >= 0.3 is 0 Å². The molecule has 0 aliphatic heterocycles. The molecule has 0 aromatic carbocycles. The lowest BCUT2D eigenvalue weighted by molar-refractivity contribution is -0.167. The second-order valence-electron chi connectivity index (χ2n) is 10.4. The summed E-state index contributed by atoms with van der Waals surface area (Å²) >= 11 is 3.52. The third kappa shape index (κ3) is 2.93. The predicted octanol–water partition coefficient (Wildman–Crippen LogP) is 4.39. The molecule has 4 heteroatoms. The number of hydrogen-bond donors (Lipinski definition) is 2. The largest absolute Gasteiger partial charge is 0.392 e. The van der Waals surface area contributed by atoms with Crippen LogP contribution in [0.3, 0.4) is 0 Å². The van der Waals surface area contributed by atoms with Gasteiger partial charge in [0.25, 0.3) is 0 Å². The molecule has 4 aliphatic rings. The van der Waals surface area contributed by atoms with E-state index in [0.29, 0.717) is 23.1 Å². The molecule has 10 atom stereocenters. The Hall–Kier alpha value is 0.360. The van der Waals surface area contributed by atoms with E-state index in [1.165, 1.54) is 25.7 Å². The molecule has 0 aromatic rings. The first-order valence-electron chi connectivity index (χ1n) is 10.8. The number of alkyl halides is 1. The summed E-state index contributed by atoms with van der Waals surface area (Å²) in [5, 5.41) is 21.9. The summed E-state index contributed by atoms with van der Waals surface area (Å²) in [5.74, 6) is 4.07. The van der Waals surface area contributed by atoms with Gasteiger partial charge in [0.2, 0.25) is 0 Å². The summed E-state index contributed by atoms with van der Waals surface area (Å²) in [6.45, 7) is 4.46. The number of aliphatic hydroxyl groups excluding tert-OH is 1. The van der Waals surface area contributed by atoms with Gasteiger partial charge in [-0.15, -0.1) is 0 Å². The highest BCUT2D eigenvalue weighted by Crippen LogP contribution is 2.65. The van der Waals surface area contributed by atoms with Crippen LogP contribution in [0.25, 0.3) is 0 Å². The van der Waals surface area contributed by atoms with Crippen LogP contribution in [0.4, 0.5) is 0 Å². The Labute approximate surface area is 167 Å². The summed E-state index contributed by atoms with van der Waals surface area (Å²) in [6, 6.07) is 0. The zero-order chi connectivity index (χ0) is 18.7. The highest BCUT2D eigenvalue weighted by atomic mass is 79.9. The third-order valence-corrected chi connectivity index (χ3v) is 9.95. The molecule has 0 amide bonds. The molecule has 4 rings (SSSR count). The normalized spacial score (nSPS) is 54.9. The van der Waals surface area contributed by atoms with Crippen molar-refractivity contribution < 1.29 is 14.9 Å². The maximum atomic E-state index is 10.7. The van der Waals surface area contributed by atoms with E-state index in [2.05, 4.69) is 22.9 Å². The van der Waals surface area contributed by atoms with E-state index in [-0.39, 0.29) is 17.6 Å². The lowest BCUT2D eigenvalue weighted by Gasteiger charge is -2.59. The van der Waals surface area contributed by atoms with Crippen LogP contribution >= 0.6 is 15.9 Å². The summed E-state index contributed by atoms with van der Waals surface area (Å²) in [5.41, 5.74) is -0.341. The van der Waals surface area contributed by atoms with Gasteiger partial charge in [0.1, 0.15) is 0 Å². The van der Waals surface area contributed by atoms with Gasteiger partial charge in [0.05, 0.1) is 17.8 Å². The van der Waals surface area contributed by atoms with Crippen molar-refractivity contribution in [1.29, 1.82) is 0 Å². The van der Waals surface area contributed by atoms with Gasteiger partial charge in [-0.3, -0.25) is 0 Å². The number of rotatable bonds is 3. The molecule has 4 fully saturated rings. The fourth-order valence-corrected chi connectivity index (χ4v) is 8.62. The number of halogens is 1. The SMILES string of the molecule is CO[C@@H]1C[C@H]2[C@@H](CC[C@@H]3C[C@](C)(O)CC[C@@H]32)[C@@H]2CC[C@H](C(O)CBr)[C@@]12C. The van der Waals surface area contributed by atoms with Crippen molar-refractivity contribution in [2.45, 2.75) is 83.0 Å². The van der Waals surface area contributed by atoms with Crippen molar-refractivity contribution in [2.75, 3.05) is 12.4 Å². The molecule has 2 N–H and O–H groups in total.